The van der Waals surface area contributed by atoms with Crippen LogP contribution in [0.15, 0.2) is 0 Å². The van der Waals surface area contributed by atoms with Gasteiger partial charge < -0.3 is 5.32 Å². The molecule has 0 saturated heterocycles. The van der Waals surface area contributed by atoms with E-state index in [1.54, 1.807) is 0 Å². The first kappa shape index (κ1) is 14.2. The Morgan fingerprint density at radius 1 is 0.944 bits per heavy atom. The highest BCUT2D eigenvalue weighted by molar-refractivity contribution is 4.85. The maximum atomic E-state index is 12.6. The van der Waals surface area contributed by atoms with Gasteiger partial charge >= 0.3 is 6.18 Å². The number of rotatable bonds is 3. The lowest BCUT2D eigenvalue weighted by Gasteiger charge is -2.33. The molecule has 2 aliphatic carbocycles. The van der Waals surface area contributed by atoms with Gasteiger partial charge in [0.05, 0.1) is 5.92 Å². The van der Waals surface area contributed by atoms with E-state index in [9.17, 15) is 13.2 Å². The fourth-order valence-corrected chi connectivity index (χ4v) is 3.55. The molecule has 0 aromatic carbocycles. The first-order chi connectivity index (χ1) is 8.47. The van der Waals surface area contributed by atoms with E-state index in [1.165, 1.54) is 25.7 Å². The third-order valence-electron chi connectivity index (χ3n) is 4.80. The number of alkyl halides is 3. The first-order valence-electron chi connectivity index (χ1n) is 7.29. The van der Waals surface area contributed by atoms with E-state index in [2.05, 4.69) is 12.2 Å². The molecule has 18 heavy (non-hydrogen) atoms. The molecule has 0 heterocycles. The summed E-state index contributed by atoms with van der Waals surface area (Å²) in [5.41, 5.74) is 0. The second-order valence-corrected chi connectivity index (χ2v) is 6.09. The molecule has 2 rings (SSSR count). The minimum absolute atomic E-state index is 0.304. The van der Waals surface area contributed by atoms with Crippen LogP contribution in [0.1, 0.15) is 58.3 Å². The van der Waals surface area contributed by atoms with Crippen molar-refractivity contribution in [3.8, 4) is 0 Å². The van der Waals surface area contributed by atoms with Crippen molar-refractivity contribution < 1.29 is 13.2 Å². The molecular formula is C14H24F3N. The van der Waals surface area contributed by atoms with Gasteiger partial charge in [-0.25, -0.2) is 0 Å². The van der Waals surface area contributed by atoms with Crippen LogP contribution in [0.25, 0.3) is 0 Å². The summed E-state index contributed by atoms with van der Waals surface area (Å²) in [6.45, 7) is 2.20. The maximum Gasteiger partial charge on any atom is 0.391 e. The zero-order chi connectivity index (χ0) is 13.2. The van der Waals surface area contributed by atoms with Crippen molar-refractivity contribution in [2.24, 2.45) is 11.8 Å². The average molecular weight is 263 g/mol. The van der Waals surface area contributed by atoms with Crippen LogP contribution in [0.3, 0.4) is 0 Å². The van der Waals surface area contributed by atoms with Gasteiger partial charge in [0, 0.05) is 12.1 Å². The summed E-state index contributed by atoms with van der Waals surface area (Å²) in [5.74, 6) is -0.317. The van der Waals surface area contributed by atoms with Gasteiger partial charge in [-0.05, 0) is 51.4 Å². The Labute approximate surface area is 108 Å². The second kappa shape index (κ2) is 5.81. The summed E-state index contributed by atoms with van der Waals surface area (Å²) in [4.78, 5) is 0. The molecule has 1 nitrogen and oxygen atoms in total. The molecule has 0 aromatic rings. The molecule has 1 N–H and O–H groups in total. The van der Waals surface area contributed by atoms with Crippen LogP contribution in [0.2, 0.25) is 0 Å². The molecule has 2 saturated carbocycles. The quantitative estimate of drug-likeness (QED) is 0.801. The zero-order valence-electron chi connectivity index (χ0n) is 11.1. The molecular weight excluding hydrogens is 239 g/mol. The van der Waals surface area contributed by atoms with Crippen molar-refractivity contribution in [3.63, 3.8) is 0 Å². The third-order valence-corrected chi connectivity index (χ3v) is 4.80. The summed E-state index contributed by atoms with van der Waals surface area (Å²) >= 11 is 0. The molecule has 2 fully saturated rings. The van der Waals surface area contributed by atoms with E-state index in [1.807, 2.05) is 0 Å². The molecule has 4 heteroatoms. The molecule has 0 amide bonds. The molecule has 2 aliphatic rings. The maximum absolute atomic E-state index is 12.6. The Balaban J connectivity index is 1.73. The second-order valence-electron chi connectivity index (χ2n) is 6.09. The van der Waals surface area contributed by atoms with Crippen LogP contribution in [-0.4, -0.2) is 18.3 Å². The van der Waals surface area contributed by atoms with Gasteiger partial charge in [-0.15, -0.1) is 0 Å². The standard InChI is InChI=1S/C14H24F3N/c1-10(11-4-2-3-5-11)18-13-8-6-12(7-9-13)14(15,16)17/h10-13,18H,2-9H2,1H3/t10-,12?,13?/m0/s1. The Bertz CT molecular complexity index is 250. The summed E-state index contributed by atoms with van der Waals surface area (Å²) in [7, 11) is 0. The van der Waals surface area contributed by atoms with Gasteiger partial charge in [0.25, 0.3) is 0 Å². The lowest BCUT2D eigenvalue weighted by atomic mass is 9.85. The summed E-state index contributed by atoms with van der Waals surface area (Å²) in [5, 5.41) is 3.57. The van der Waals surface area contributed by atoms with Crippen LogP contribution in [-0.2, 0) is 0 Å². The van der Waals surface area contributed by atoms with Crippen LogP contribution in [0, 0.1) is 11.8 Å². The third kappa shape index (κ3) is 3.62. The smallest absolute Gasteiger partial charge is 0.311 e. The highest BCUT2D eigenvalue weighted by Gasteiger charge is 2.41. The van der Waals surface area contributed by atoms with Crippen LogP contribution in [0.5, 0.6) is 0 Å². The Morgan fingerprint density at radius 2 is 1.50 bits per heavy atom. The fourth-order valence-electron chi connectivity index (χ4n) is 3.55. The van der Waals surface area contributed by atoms with E-state index in [4.69, 9.17) is 0 Å². The van der Waals surface area contributed by atoms with E-state index in [-0.39, 0.29) is 0 Å². The molecule has 0 spiro atoms. The minimum Gasteiger partial charge on any atom is -0.311 e. The molecule has 0 bridgehead atoms. The normalized spacial score (nSPS) is 32.7. The van der Waals surface area contributed by atoms with E-state index in [0.717, 1.165) is 5.92 Å². The SMILES string of the molecule is C[C@H](NC1CCC(C(F)(F)F)CC1)C1CCCC1. The Morgan fingerprint density at radius 3 is 2.00 bits per heavy atom. The summed E-state index contributed by atoms with van der Waals surface area (Å²) < 4.78 is 37.7. The Hall–Kier alpha value is -0.250. The molecule has 0 aromatic heterocycles. The molecule has 1 atom stereocenters. The number of halogens is 3. The van der Waals surface area contributed by atoms with Crippen LogP contribution >= 0.6 is 0 Å². The van der Waals surface area contributed by atoms with Gasteiger partial charge in [0.15, 0.2) is 0 Å². The van der Waals surface area contributed by atoms with Gasteiger partial charge in [0.2, 0.25) is 0 Å². The van der Waals surface area contributed by atoms with Crippen molar-refractivity contribution >= 4 is 0 Å². The highest BCUT2D eigenvalue weighted by atomic mass is 19.4. The van der Waals surface area contributed by atoms with Gasteiger partial charge in [-0.1, -0.05) is 12.8 Å². The van der Waals surface area contributed by atoms with Gasteiger partial charge in [0.1, 0.15) is 0 Å². The lowest BCUT2D eigenvalue weighted by molar-refractivity contribution is -0.182. The predicted octanol–water partition coefficient (Wildman–Crippen LogP) is 4.28. The highest BCUT2D eigenvalue weighted by Crippen LogP contribution is 2.38. The van der Waals surface area contributed by atoms with E-state index in [0.29, 0.717) is 37.8 Å². The van der Waals surface area contributed by atoms with E-state index >= 15 is 0 Å². The van der Waals surface area contributed by atoms with Crippen LogP contribution < -0.4 is 5.32 Å². The first-order valence-corrected chi connectivity index (χ1v) is 7.29. The monoisotopic (exact) mass is 263 g/mol. The van der Waals surface area contributed by atoms with Gasteiger partial charge in [-0.2, -0.15) is 13.2 Å². The topological polar surface area (TPSA) is 12.0 Å². The molecule has 0 radical (unpaired) electrons. The molecule has 0 aliphatic heterocycles. The molecule has 0 unspecified atom stereocenters. The van der Waals surface area contributed by atoms with Crippen molar-refractivity contribution in [1.29, 1.82) is 0 Å². The largest absolute Gasteiger partial charge is 0.391 e. The number of hydrogen-bond donors (Lipinski definition) is 1. The summed E-state index contributed by atoms with van der Waals surface area (Å²) in [6.07, 6.45) is 3.19. The minimum atomic E-state index is -3.98. The predicted molar refractivity (Wildman–Crippen MR) is 66.4 cm³/mol. The molecule has 106 valence electrons. The van der Waals surface area contributed by atoms with Crippen molar-refractivity contribution in [3.05, 3.63) is 0 Å². The average Bonchev–Trinajstić information content (AvgIpc) is 2.82. The zero-order valence-corrected chi connectivity index (χ0v) is 11.1. The van der Waals surface area contributed by atoms with Gasteiger partial charge in [-0.3, -0.25) is 0 Å². The van der Waals surface area contributed by atoms with Crippen molar-refractivity contribution in [1.82, 2.24) is 5.32 Å². The Kier molecular flexibility index (Phi) is 4.57. The summed E-state index contributed by atoms with van der Waals surface area (Å²) in [6, 6.07) is 0.777. The van der Waals surface area contributed by atoms with Crippen molar-refractivity contribution in [2.45, 2.75) is 76.6 Å². The fraction of sp³-hybridized carbons (Fsp3) is 1.00. The number of hydrogen-bond acceptors (Lipinski definition) is 1. The van der Waals surface area contributed by atoms with Crippen molar-refractivity contribution in [2.75, 3.05) is 0 Å². The number of nitrogens with one attached hydrogen (secondary N) is 1. The van der Waals surface area contributed by atoms with E-state index < -0.39 is 12.1 Å². The van der Waals surface area contributed by atoms with Crippen LogP contribution in [0.4, 0.5) is 13.2 Å². The lowest BCUT2D eigenvalue weighted by Crippen LogP contribution is -2.43.